The van der Waals surface area contributed by atoms with Crippen molar-refractivity contribution in [2.24, 2.45) is 5.92 Å². The normalized spacial score (nSPS) is 19.4. The Hall–Kier alpha value is -1.46. The quantitative estimate of drug-likeness (QED) is 0.471. The van der Waals surface area contributed by atoms with Gasteiger partial charge < -0.3 is 10.2 Å². The molecule has 1 fully saturated rings. The van der Waals surface area contributed by atoms with Crippen molar-refractivity contribution in [1.29, 1.82) is 0 Å². The van der Waals surface area contributed by atoms with Crippen molar-refractivity contribution in [2.45, 2.75) is 19.8 Å². The molecule has 20 heavy (non-hydrogen) atoms. The number of hydrogen-bond acceptors (Lipinski definition) is 4. The number of nitrogens with one attached hydrogen (secondary N) is 1. The Kier molecular flexibility index (Phi) is 5.49. The molecular weight excluding hydrogens is 254 g/mol. The van der Waals surface area contributed by atoms with Crippen molar-refractivity contribution in [2.75, 3.05) is 32.7 Å². The molecule has 0 aromatic heterocycles. The molecule has 0 spiro atoms. The van der Waals surface area contributed by atoms with Crippen molar-refractivity contribution < 1.29 is 4.92 Å². The van der Waals surface area contributed by atoms with Crippen LogP contribution in [0.3, 0.4) is 0 Å². The maximum Gasteiger partial charge on any atom is 0.272 e. The van der Waals surface area contributed by atoms with Crippen LogP contribution in [0.15, 0.2) is 24.3 Å². The molecule has 1 aromatic carbocycles. The molecule has 2 rings (SSSR count). The maximum absolute atomic E-state index is 10.9. The molecule has 1 heterocycles. The second kappa shape index (κ2) is 7.36. The zero-order valence-corrected chi connectivity index (χ0v) is 12.0. The highest BCUT2D eigenvalue weighted by atomic mass is 16.6. The van der Waals surface area contributed by atoms with E-state index in [0.717, 1.165) is 31.1 Å². The molecule has 5 heteroatoms. The van der Waals surface area contributed by atoms with Gasteiger partial charge in [0.05, 0.1) is 4.92 Å². The number of nitro groups is 1. The lowest BCUT2D eigenvalue weighted by Crippen LogP contribution is -2.27. The first-order valence-electron chi connectivity index (χ1n) is 7.36. The van der Waals surface area contributed by atoms with Crippen LogP contribution >= 0.6 is 0 Å². The molecule has 110 valence electrons. The molecule has 1 atom stereocenters. The number of benzene rings is 1. The lowest BCUT2D eigenvalue weighted by molar-refractivity contribution is -0.385. The van der Waals surface area contributed by atoms with Crippen LogP contribution in [0.4, 0.5) is 5.69 Å². The summed E-state index contributed by atoms with van der Waals surface area (Å²) >= 11 is 0. The van der Waals surface area contributed by atoms with E-state index in [4.69, 9.17) is 0 Å². The first kappa shape index (κ1) is 14.9. The van der Waals surface area contributed by atoms with Crippen LogP contribution in [-0.2, 0) is 6.42 Å². The number of hydrogen-bond donors (Lipinski definition) is 1. The van der Waals surface area contributed by atoms with Gasteiger partial charge in [-0.05, 0) is 44.9 Å². The second-order valence-electron chi connectivity index (χ2n) is 5.39. The second-order valence-corrected chi connectivity index (χ2v) is 5.39. The van der Waals surface area contributed by atoms with Gasteiger partial charge in [0.2, 0.25) is 0 Å². The van der Waals surface area contributed by atoms with E-state index in [1.165, 1.54) is 19.5 Å². The molecule has 1 aliphatic heterocycles. The highest BCUT2D eigenvalue weighted by molar-refractivity contribution is 5.39. The zero-order valence-electron chi connectivity index (χ0n) is 12.0. The van der Waals surface area contributed by atoms with Gasteiger partial charge in [-0.3, -0.25) is 10.1 Å². The first-order valence-corrected chi connectivity index (χ1v) is 7.36. The Balaban J connectivity index is 1.73. The summed E-state index contributed by atoms with van der Waals surface area (Å²) in [4.78, 5) is 13.1. The SMILES string of the molecule is CCN1CCC(CNCCc2ccccc2[N+](=O)[O-])C1. The van der Waals surface area contributed by atoms with Crippen LogP contribution in [-0.4, -0.2) is 42.5 Å². The summed E-state index contributed by atoms with van der Waals surface area (Å²) in [5.74, 6) is 0.723. The third kappa shape index (κ3) is 4.02. The fraction of sp³-hybridized carbons (Fsp3) is 0.600. The predicted octanol–water partition coefficient (Wildman–Crippen LogP) is 2.07. The fourth-order valence-corrected chi connectivity index (χ4v) is 2.80. The van der Waals surface area contributed by atoms with Gasteiger partial charge >= 0.3 is 0 Å². The van der Waals surface area contributed by atoms with Crippen LogP contribution in [0, 0.1) is 16.0 Å². The van der Waals surface area contributed by atoms with E-state index in [1.807, 2.05) is 12.1 Å². The van der Waals surface area contributed by atoms with Crippen molar-refractivity contribution in [3.63, 3.8) is 0 Å². The Labute approximate surface area is 120 Å². The van der Waals surface area contributed by atoms with E-state index in [2.05, 4.69) is 17.1 Å². The monoisotopic (exact) mass is 277 g/mol. The highest BCUT2D eigenvalue weighted by Gasteiger charge is 2.20. The van der Waals surface area contributed by atoms with Crippen LogP contribution in [0.2, 0.25) is 0 Å². The third-order valence-corrected chi connectivity index (χ3v) is 4.01. The zero-order chi connectivity index (χ0) is 14.4. The maximum atomic E-state index is 10.9. The Morgan fingerprint density at radius 2 is 2.25 bits per heavy atom. The topological polar surface area (TPSA) is 58.4 Å². The molecule has 0 aliphatic carbocycles. The third-order valence-electron chi connectivity index (χ3n) is 4.01. The van der Waals surface area contributed by atoms with Gasteiger partial charge in [-0.2, -0.15) is 0 Å². The summed E-state index contributed by atoms with van der Waals surface area (Å²) in [5, 5.41) is 14.3. The van der Waals surface area contributed by atoms with Crippen molar-refractivity contribution in [3.05, 3.63) is 39.9 Å². The van der Waals surface area contributed by atoms with Crippen molar-refractivity contribution in [3.8, 4) is 0 Å². The van der Waals surface area contributed by atoms with Gasteiger partial charge in [0.1, 0.15) is 0 Å². The van der Waals surface area contributed by atoms with Gasteiger partial charge in [0.15, 0.2) is 0 Å². The summed E-state index contributed by atoms with van der Waals surface area (Å²) in [6, 6.07) is 6.99. The molecule has 0 bridgehead atoms. The molecule has 0 radical (unpaired) electrons. The van der Waals surface area contributed by atoms with Crippen LogP contribution < -0.4 is 5.32 Å². The minimum absolute atomic E-state index is 0.229. The number of para-hydroxylation sites is 1. The predicted molar refractivity (Wildman–Crippen MR) is 79.9 cm³/mol. The standard InChI is InChI=1S/C15H23N3O2/c1-2-17-10-8-13(12-17)11-16-9-7-14-5-3-4-6-15(14)18(19)20/h3-6,13,16H,2,7-12H2,1H3. The molecule has 1 saturated heterocycles. The molecule has 1 aromatic rings. The van der Waals surface area contributed by atoms with Gasteiger partial charge in [-0.25, -0.2) is 0 Å². The van der Waals surface area contributed by atoms with E-state index in [0.29, 0.717) is 6.42 Å². The molecular formula is C15H23N3O2. The molecule has 5 nitrogen and oxygen atoms in total. The molecule has 0 amide bonds. The van der Waals surface area contributed by atoms with Crippen molar-refractivity contribution >= 4 is 5.69 Å². The van der Waals surface area contributed by atoms with Gasteiger partial charge in [-0.1, -0.05) is 25.1 Å². The summed E-state index contributed by atoms with van der Waals surface area (Å²) in [6.07, 6.45) is 1.97. The van der Waals surface area contributed by atoms with E-state index in [-0.39, 0.29) is 10.6 Å². The lowest BCUT2D eigenvalue weighted by atomic mass is 10.1. The molecule has 0 saturated carbocycles. The van der Waals surface area contributed by atoms with Gasteiger partial charge in [-0.15, -0.1) is 0 Å². The Morgan fingerprint density at radius 3 is 2.95 bits per heavy atom. The highest BCUT2D eigenvalue weighted by Crippen LogP contribution is 2.18. The minimum Gasteiger partial charge on any atom is -0.316 e. The summed E-state index contributed by atoms with van der Waals surface area (Å²) in [7, 11) is 0. The number of nitro benzene ring substituents is 1. The van der Waals surface area contributed by atoms with E-state index >= 15 is 0 Å². The molecule has 1 N–H and O–H groups in total. The van der Waals surface area contributed by atoms with E-state index < -0.39 is 0 Å². The van der Waals surface area contributed by atoms with E-state index in [1.54, 1.807) is 12.1 Å². The lowest BCUT2D eigenvalue weighted by Gasteiger charge is -2.13. The van der Waals surface area contributed by atoms with E-state index in [9.17, 15) is 10.1 Å². The van der Waals surface area contributed by atoms with Crippen LogP contribution in [0.25, 0.3) is 0 Å². The van der Waals surface area contributed by atoms with Gasteiger partial charge in [0, 0.05) is 18.2 Å². The first-order chi connectivity index (χ1) is 9.70. The largest absolute Gasteiger partial charge is 0.316 e. The number of likely N-dealkylation sites (tertiary alicyclic amines) is 1. The van der Waals surface area contributed by atoms with Crippen molar-refractivity contribution in [1.82, 2.24) is 10.2 Å². The summed E-state index contributed by atoms with van der Waals surface area (Å²) in [6.45, 7) is 7.52. The van der Waals surface area contributed by atoms with Crippen LogP contribution in [0.1, 0.15) is 18.9 Å². The summed E-state index contributed by atoms with van der Waals surface area (Å²) < 4.78 is 0. The van der Waals surface area contributed by atoms with Crippen LogP contribution in [0.5, 0.6) is 0 Å². The Bertz CT molecular complexity index is 450. The Morgan fingerprint density at radius 1 is 1.45 bits per heavy atom. The average molecular weight is 277 g/mol. The number of nitrogens with zero attached hydrogens (tertiary/aromatic N) is 2. The minimum atomic E-state index is -0.300. The summed E-state index contributed by atoms with van der Waals surface area (Å²) in [5.41, 5.74) is 1.04. The molecule has 1 aliphatic rings. The average Bonchev–Trinajstić information content (AvgIpc) is 2.92. The molecule has 1 unspecified atom stereocenters. The number of rotatable bonds is 7. The van der Waals surface area contributed by atoms with Gasteiger partial charge in [0.25, 0.3) is 5.69 Å². The fourth-order valence-electron chi connectivity index (χ4n) is 2.80. The smallest absolute Gasteiger partial charge is 0.272 e.